The largest absolute Gasteiger partial charge is 0.457 e. The molecule has 0 heterocycles. The van der Waals surface area contributed by atoms with Crippen LogP contribution in [0.15, 0.2) is 48.5 Å². The molecule has 0 bridgehead atoms. The summed E-state index contributed by atoms with van der Waals surface area (Å²) in [5.74, 6) is 0.999. The summed E-state index contributed by atoms with van der Waals surface area (Å²) in [5, 5.41) is 19.5. The lowest BCUT2D eigenvalue weighted by molar-refractivity contribution is -0.385. The average Bonchev–Trinajstić information content (AvgIpc) is 2.39. The molecule has 0 unspecified atom stereocenters. The predicted molar refractivity (Wildman–Crippen MR) is 64.3 cm³/mol. The highest BCUT2D eigenvalue weighted by atomic mass is 16.6. The molecule has 0 radical (unpaired) electrons. The van der Waals surface area contributed by atoms with Gasteiger partial charge in [0, 0.05) is 12.1 Å². The fraction of sp³-hybridized carbons (Fsp3) is 0. The van der Waals surface area contributed by atoms with Gasteiger partial charge in [-0.15, -0.1) is 0 Å². The van der Waals surface area contributed by atoms with E-state index in [9.17, 15) is 10.1 Å². The third-order valence-corrected chi connectivity index (χ3v) is 2.26. The van der Waals surface area contributed by atoms with Gasteiger partial charge in [0.2, 0.25) is 0 Å². The van der Waals surface area contributed by atoms with Crippen molar-refractivity contribution in [1.82, 2.24) is 0 Å². The van der Waals surface area contributed by atoms with Crippen LogP contribution in [-0.2, 0) is 0 Å². The number of para-hydroxylation sites is 1. The lowest BCUT2D eigenvalue weighted by atomic mass is 10.2. The minimum atomic E-state index is -0.592. The van der Waals surface area contributed by atoms with Crippen LogP contribution in [0.4, 0.5) is 5.69 Å². The highest BCUT2D eigenvalue weighted by Gasteiger charge is 2.14. The van der Waals surface area contributed by atoms with Crippen LogP contribution in [0.25, 0.3) is 0 Å². The number of nitriles is 1. The van der Waals surface area contributed by atoms with Crippen LogP contribution >= 0.6 is 0 Å². The molecule has 2 aromatic rings. The van der Waals surface area contributed by atoms with E-state index in [2.05, 4.69) is 0 Å². The topological polar surface area (TPSA) is 76.2 Å². The Morgan fingerprint density at radius 2 is 1.83 bits per heavy atom. The van der Waals surface area contributed by atoms with Crippen LogP contribution in [0.1, 0.15) is 5.56 Å². The number of nitro benzene ring substituents is 1. The molecule has 0 aliphatic heterocycles. The number of nitro groups is 1. The number of hydrogen-bond acceptors (Lipinski definition) is 4. The average molecular weight is 240 g/mol. The molecule has 0 fully saturated rings. The van der Waals surface area contributed by atoms with Crippen molar-refractivity contribution in [3.63, 3.8) is 0 Å². The van der Waals surface area contributed by atoms with Gasteiger partial charge in [-0.25, -0.2) is 0 Å². The first-order chi connectivity index (χ1) is 8.70. The summed E-state index contributed by atoms with van der Waals surface area (Å²) in [6, 6.07) is 14.8. The van der Waals surface area contributed by atoms with Gasteiger partial charge in [-0.3, -0.25) is 10.1 Å². The van der Waals surface area contributed by atoms with Gasteiger partial charge >= 0.3 is 0 Å². The quantitative estimate of drug-likeness (QED) is 0.609. The maximum absolute atomic E-state index is 10.7. The van der Waals surface area contributed by atoms with Crippen molar-refractivity contribution in [3.05, 3.63) is 64.2 Å². The predicted octanol–water partition coefficient (Wildman–Crippen LogP) is 3.26. The maximum atomic E-state index is 10.7. The minimum absolute atomic E-state index is 0.0200. The molecular weight excluding hydrogens is 232 g/mol. The number of nitrogens with zero attached hydrogens (tertiary/aromatic N) is 2. The molecule has 0 amide bonds. The van der Waals surface area contributed by atoms with E-state index in [1.165, 1.54) is 18.2 Å². The Hall–Kier alpha value is -2.87. The molecule has 0 saturated heterocycles. The Labute approximate surface area is 103 Å². The Balaban J connectivity index is 2.32. The Kier molecular flexibility index (Phi) is 3.21. The molecular formula is C13H8N2O3. The normalized spacial score (nSPS) is 9.50. The van der Waals surface area contributed by atoms with Gasteiger partial charge in [0.1, 0.15) is 23.1 Å². The molecule has 0 atom stereocenters. The molecule has 5 heteroatoms. The fourth-order valence-corrected chi connectivity index (χ4v) is 1.45. The van der Waals surface area contributed by atoms with Crippen molar-refractivity contribution in [1.29, 1.82) is 5.26 Å². The number of ether oxygens (including phenoxy) is 1. The molecule has 0 aliphatic carbocycles. The van der Waals surface area contributed by atoms with Crippen molar-refractivity contribution < 1.29 is 9.66 Å². The van der Waals surface area contributed by atoms with E-state index < -0.39 is 4.92 Å². The van der Waals surface area contributed by atoms with Crippen LogP contribution in [0.5, 0.6) is 11.5 Å². The smallest absolute Gasteiger partial charge is 0.287 e. The maximum Gasteiger partial charge on any atom is 0.287 e. The molecule has 2 aromatic carbocycles. The molecule has 0 saturated carbocycles. The highest BCUT2D eigenvalue weighted by molar-refractivity contribution is 5.52. The third kappa shape index (κ3) is 2.44. The second-order valence-corrected chi connectivity index (χ2v) is 3.46. The molecule has 88 valence electrons. The number of hydrogen-bond donors (Lipinski definition) is 0. The van der Waals surface area contributed by atoms with Gasteiger partial charge < -0.3 is 4.74 Å². The molecule has 0 aromatic heterocycles. The zero-order valence-electron chi connectivity index (χ0n) is 9.24. The van der Waals surface area contributed by atoms with E-state index in [1.807, 2.05) is 18.2 Å². The Bertz CT molecular complexity index is 618. The van der Waals surface area contributed by atoms with Gasteiger partial charge in [0.15, 0.2) is 0 Å². The Morgan fingerprint density at radius 3 is 2.44 bits per heavy atom. The van der Waals surface area contributed by atoms with E-state index in [0.717, 1.165) is 0 Å². The van der Waals surface area contributed by atoms with Gasteiger partial charge in [0.05, 0.1) is 4.92 Å². The molecule has 0 N–H and O–H groups in total. The van der Waals surface area contributed by atoms with E-state index in [0.29, 0.717) is 11.5 Å². The highest BCUT2D eigenvalue weighted by Crippen LogP contribution is 2.26. The van der Waals surface area contributed by atoms with Crippen LogP contribution in [0.2, 0.25) is 0 Å². The van der Waals surface area contributed by atoms with Crippen molar-refractivity contribution >= 4 is 5.69 Å². The summed E-state index contributed by atoms with van der Waals surface area (Å²) in [5.41, 5.74) is -0.244. The number of benzene rings is 2. The van der Waals surface area contributed by atoms with Crippen LogP contribution < -0.4 is 4.74 Å². The van der Waals surface area contributed by atoms with Gasteiger partial charge in [0.25, 0.3) is 5.69 Å². The SMILES string of the molecule is N#Cc1cc(Oc2ccccc2)ccc1[N+](=O)[O-]. The zero-order chi connectivity index (χ0) is 13.0. The molecule has 0 aliphatic rings. The second kappa shape index (κ2) is 4.97. The van der Waals surface area contributed by atoms with Crippen molar-refractivity contribution in [2.45, 2.75) is 0 Å². The van der Waals surface area contributed by atoms with E-state index in [4.69, 9.17) is 10.00 Å². The lowest BCUT2D eigenvalue weighted by Crippen LogP contribution is -1.93. The molecule has 0 spiro atoms. The van der Waals surface area contributed by atoms with E-state index in [1.54, 1.807) is 18.2 Å². The minimum Gasteiger partial charge on any atom is -0.457 e. The standard InChI is InChI=1S/C13H8N2O3/c14-9-10-8-12(6-7-13(10)15(16)17)18-11-4-2-1-3-5-11/h1-8H. The van der Waals surface area contributed by atoms with E-state index in [-0.39, 0.29) is 11.3 Å². The van der Waals surface area contributed by atoms with Crippen LogP contribution in [0.3, 0.4) is 0 Å². The van der Waals surface area contributed by atoms with Crippen LogP contribution in [0, 0.1) is 21.4 Å². The lowest BCUT2D eigenvalue weighted by Gasteiger charge is -2.05. The van der Waals surface area contributed by atoms with Crippen molar-refractivity contribution in [3.8, 4) is 17.6 Å². The summed E-state index contributed by atoms with van der Waals surface area (Å²) in [6.45, 7) is 0. The van der Waals surface area contributed by atoms with Crippen molar-refractivity contribution in [2.75, 3.05) is 0 Å². The molecule has 2 rings (SSSR count). The summed E-state index contributed by atoms with van der Waals surface area (Å²) < 4.78 is 5.48. The monoisotopic (exact) mass is 240 g/mol. The summed E-state index contributed by atoms with van der Waals surface area (Å²) in [7, 11) is 0. The van der Waals surface area contributed by atoms with E-state index >= 15 is 0 Å². The Morgan fingerprint density at radius 1 is 1.11 bits per heavy atom. The first-order valence-corrected chi connectivity index (χ1v) is 5.12. The summed E-state index contributed by atoms with van der Waals surface area (Å²) in [6.07, 6.45) is 0. The molecule has 18 heavy (non-hydrogen) atoms. The second-order valence-electron chi connectivity index (χ2n) is 3.46. The molecule has 5 nitrogen and oxygen atoms in total. The van der Waals surface area contributed by atoms with Crippen molar-refractivity contribution in [2.24, 2.45) is 0 Å². The zero-order valence-corrected chi connectivity index (χ0v) is 9.24. The van der Waals surface area contributed by atoms with Gasteiger partial charge in [-0.05, 0) is 18.2 Å². The van der Waals surface area contributed by atoms with Gasteiger partial charge in [-0.1, -0.05) is 18.2 Å². The van der Waals surface area contributed by atoms with Gasteiger partial charge in [-0.2, -0.15) is 5.26 Å². The third-order valence-electron chi connectivity index (χ3n) is 2.26. The van der Waals surface area contributed by atoms with Crippen LogP contribution in [-0.4, -0.2) is 4.92 Å². The summed E-state index contributed by atoms with van der Waals surface area (Å²) >= 11 is 0. The number of rotatable bonds is 3. The summed E-state index contributed by atoms with van der Waals surface area (Å²) in [4.78, 5) is 10.1. The fourth-order valence-electron chi connectivity index (χ4n) is 1.45. The first-order valence-electron chi connectivity index (χ1n) is 5.12. The first kappa shape index (κ1) is 11.6.